The summed E-state index contributed by atoms with van der Waals surface area (Å²) in [5.74, 6) is 0.159. The smallest absolute Gasteiger partial charge is 0.251 e. The molecule has 4 nitrogen and oxygen atoms in total. The first-order valence-corrected chi connectivity index (χ1v) is 9.16. The van der Waals surface area contributed by atoms with Crippen LogP contribution in [0.4, 0.5) is 0 Å². The second kappa shape index (κ2) is 7.73. The van der Waals surface area contributed by atoms with Gasteiger partial charge in [0, 0.05) is 31.6 Å². The third-order valence-electron chi connectivity index (χ3n) is 5.18. The zero-order chi connectivity index (χ0) is 18.7. The van der Waals surface area contributed by atoms with Crippen molar-refractivity contribution in [2.24, 2.45) is 0 Å². The van der Waals surface area contributed by atoms with E-state index in [2.05, 4.69) is 18.3 Å². The lowest BCUT2D eigenvalue weighted by Gasteiger charge is -2.18. The van der Waals surface area contributed by atoms with Gasteiger partial charge >= 0.3 is 0 Å². The van der Waals surface area contributed by atoms with Gasteiger partial charge in [-0.3, -0.25) is 9.59 Å². The zero-order valence-corrected chi connectivity index (χ0v) is 15.8. The van der Waals surface area contributed by atoms with Gasteiger partial charge in [-0.1, -0.05) is 30.3 Å². The average Bonchev–Trinajstić information content (AvgIpc) is 3.02. The van der Waals surface area contributed by atoms with Crippen LogP contribution in [0.25, 0.3) is 0 Å². The average molecular weight is 350 g/mol. The Morgan fingerprint density at radius 3 is 2.42 bits per heavy atom. The molecule has 1 aliphatic heterocycles. The zero-order valence-electron chi connectivity index (χ0n) is 15.8. The number of carbonyl (C=O) groups excluding carboxylic acids is 2. The lowest BCUT2D eigenvalue weighted by atomic mass is 10.00. The van der Waals surface area contributed by atoms with Crippen molar-refractivity contribution in [1.82, 2.24) is 10.2 Å². The van der Waals surface area contributed by atoms with E-state index in [1.165, 1.54) is 5.56 Å². The summed E-state index contributed by atoms with van der Waals surface area (Å²) in [5, 5.41) is 3.04. The molecule has 136 valence electrons. The third kappa shape index (κ3) is 3.96. The molecule has 0 saturated carbocycles. The molecule has 0 aromatic heterocycles. The first kappa shape index (κ1) is 18.2. The fraction of sp³-hybridized carbons (Fsp3) is 0.364. The number of likely N-dealkylation sites (tertiary alicyclic amines) is 1. The molecule has 2 aromatic rings. The molecule has 0 unspecified atom stereocenters. The maximum Gasteiger partial charge on any atom is 0.251 e. The molecule has 0 bridgehead atoms. The van der Waals surface area contributed by atoms with Gasteiger partial charge in [0.15, 0.2) is 0 Å². The molecule has 0 radical (unpaired) electrons. The maximum atomic E-state index is 12.6. The summed E-state index contributed by atoms with van der Waals surface area (Å²) in [6.07, 6.45) is 1.58. The van der Waals surface area contributed by atoms with Crippen LogP contribution in [-0.2, 0) is 17.9 Å². The number of aryl methyl sites for hydroxylation is 3. The molecule has 2 amide bonds. The van der Waals surface area contributed by atoms with Crippen LogP contribution in [0.2, 0.25) is 0 Å². The van der Waals surface area contributed by atoms with Crippen molar-refractivity contribution in [3.05, 3.63) is 69.8 Å². The number of nitrogens with zero attached hydrogens (tertiary/aromatic N) is 1. The Morgan fingerprint density at radius 1 is 1.04 bits per heavy atom. The Hall–Kier alpha value is -2.62. The van der Waals surface area contributed by atoms with E-state index in [0.717, 1.165) is 40.8 Å². The van der Waals surface area contributed by atoms with Crippen molar-refractivity contribution in [2.75, 3.05) is 6.54 Å². The molecule has 1 heterocycles. The summed E-state index contributed by atoms with van der Waals surface area (Å²) in [6.45, 7) is 7.94. The third-order valence-corrected chi connectivity index (χ3v) is 5.18. The molecular weight excluding hydrogens is 324 g/mol. The highest BCUT2D eigenvalue weighted by molar-refractivity contribution is 5.95. The molecule has 1 fully saturated rings. The van der Waals surface area contributed by atoms with Crippen molar-refractivity contribution in [3.8, 4) is 0 Å². The van der Waals surface area contributed by atoms with E-state index in [1.54, 1.807) is 0 Å². The first-order chi connectivity index (χ1) is 12.5. The lowest BCUT2D eigenvalue weighted by Crippen LogP contribution is -2.27. The minimum atomic E-state index is -0.0577. The number of rotatable bonds is 5. The van der Waals surface area contributed by atoms with Crippen LogP contribution in [-0.4, -0.2) is 23.3 Å². The highest BCUT2D eigenvalue weighted by Crippen LogP contribution is 2.18. The van der Waals surface area contributed by atoms with E-state index in [4.69, 9.17) is 0 Å². The number of carbonyl (C=O) groups is 2. The van der Waals surface area contributed by atoms with E-state index in [-0.39, 0.29) is 11.8 Å². The van der Waals surface area contributed by atoms with E-state index in [1.807, 2.05) is 49.1 Å². The highest BCUT2D eigenvalue weighted by atomic mass is 16.2. The Morgan fingerprint density at radius 2 is 1.73 bits per heavy atom. The molecule has 26 heavy (non-hydrogen) atoms. The van der Waals surface area contributed by atoms with Crippen molar-refractivity contribution in [3.63, 3.8) is 0 Å². The van der Waals surface area contributed by atoms with Gasteiger partial charge in [0.2, 0.25) is 5.91 Å². The molecule has 1 N–H and O–H groups in total. The minimum Gasteiger partial charge on any atom is -0.348 e. The van der Waals surface area contributed by atoms with Crippen LogP contribution in [0.15, 0.2) is 36.4 Å². The number of amides is 2. The quantitative estimate of drug-likeness (QED) is 0.894. The van der Waals surface area contributed by atoms with Gasteiger partial charge < -0.3 is 10.2 Å². The van der Waals surface area contributed by atoms with Gasteiger partial charge in [0.05, 0.1) is 0 Å². The molecule has 2 aromatic carbocycles. The minimum absolute atomic E-state index is 0.0577. The van der Waals surface area contributed by atoms with Gasteiger partial charge in [-0.05, 0) is 61.1 Å². The molecular formula is C22H26N2O2. The summed E-state index contributed by atoms with van der Waals surface area (Å²) in [7, 11) is 0. The lowest BCUT2D eigenvalue weighted by molar-refractivity contribution is -0.128. The van der Waals surface area contributed by atoms with E-state index < -0.39 is 0 Å². The topological polar surface area (TPSA) is 49.4 Å². The van der Waals surface area contributed by atoms with E-state index >= 15 is 0 Å². The summed E-state index contributed by atoms with van der Waals surface area (Å²) in [4.78, 5) is 26.4. The summed E-state index contributed by atoms with van der Waals surface area (Å²) < 4.78 is 0. The number of hydrogen-bond acceptors (Lipinski definition) is 2. The molecule has 4 heteroatoms. The molecule has 0 atom stereocenters. The molecule has 3 rings (SSSR count). The second-order valence-corrected chi connectivity index (χ2v) is 7.12. The normalized spacial score (nSPS) is 14.0. The van der Waals surface area contributed by atoms with Gasteiger partial charge in [0.25, 0.3) is 5.91 Å². The van der Waals surface area contributed by atoms with Gasteiger partial charge in [-0.2, -0.15) is 0 Å². The summed E-state index contributed by atoms with van der Waals surface area (Å²) in [6, 6.07) is 12.0. The van der Waals surface area contributed by atoms with Crippen molar-refractivity contribution < 1.29 is 9.59 Å². The first-order valence-electron chi connectivity index (χ1n) is 9.16. The Kier molecular flexibility index (Phi) is 5.40. The Bertz CT molecular complexity index is 842. The van der Waals surface area contributed by atoms with Crippen LogP contribution >= 0.6 is 0 Å². The fourth-order valence-corrected chi connectivity index (χ4v) is 3.44. The largest absolute Gasteiger partial charge is 0.348 e. The van der Waals surface area contributed by atoms with Crippen LogP contribution in [0.1, 0.15) is 51.0 Å². The van der Waals surface area contributed by atoms with Crippen LogP contribution < -0.4 is 5.32 Å². The highest BCUT2D eigenvalue weighted by Gasteiger charge is 2.21. The summed E-state index contributed by atoms with van der Waals surface area (Å²) in [5.41, 5.74) is 6.18. The number of benzene rings is 2. The second-order valence-electron chi connectivity index (χ2n) is 7.12. The van der Waals surface area contributed by atoms with Crippen LogP contribution in [0, 0.1) is 20.8 Å². The monoisotopic (exact) mass is 350 g/mol. The standard InChI is InChI=1S/C22H26N2O2/c1-15-11-17(3)20(12-16(15)2)22(26)23-13-18-7-4-5-8-19(18)14-24-10-6-9-21(24)25/h4-5,7-8,11-12H,6,9-10,13-14H2,1-3H3,(H,23,26). The Labute approximate surface area is 155 Å². The van der Waals surface area contributed by atoms with Crippen LogP contribution in [0.5, 0.6) is 0 Å². The van der Waals surface area contributed by atoms with Crippen molar-refractivity contribution >= 4 is 11.8 Å². The predicted molar refractivity (Wildman–Crippen MR) is 103 cm³/mol. The van der Waals surface area contributed by atoms with E-state index in [9.17, 15) is 9.59 Å². The van der Waals surface area contributed by atoms with Gasteiger partial charge in [-0.25, -0.2) is 0 Å². The molecule has 0 spiro atoms. The Balaban J connectivity index is 1.71. The number of nitrogens with one attached hydrogen (secondary N) is 1. The maximum absolute atomic E-state index is 12.6. The SMILES string of the molecule is Cc1cc(C)c(C(=O)NCc2ccccc2CN2CCCC2=O)cc1C. The van der Waals surface area contributed by atoms with Gasteiger partial charge in [-0.15, -0.1) is 0 Å². The molecule has 1 saturated heterocycles. The van der Waals surface area contributed by atoms with Crippen molar-refractivity contribution in [1.29, 1.82) is 0 Å². The predicted octanol–water partition coefficient (Wildman–Crippen LogP) is 3.66. The van der Waals surface area contributed by atoms with Crippen LogP contribution in [0.3, 0.4) is 0 Å². The fourth-order valence-electron chi connectivity index (χ4n) is 3.44. The summed E-state index contributed by atoms with van der Waals surface area (Å²) >= 11 is 0. The number of hydrogen-bond donors (Lipinski definition) is 1. The van der Waals surface area contributed by atoms with Gasteiger partial charge in [0.1, 0.15) is 0 Å². The molecule has 0 aliphatic carbocycles. The van der Waals surface area contributed by atoms with Crippen molar-refractivity contribution in [2.45, 2.75) is 46.7 Å². The molecule has 1 aliphatic rings. The van der Waals surface area contributed by atoms with E-state index in [0.29, 0.717) is 19.5 Å².